The second-order valence-electron chi connectivity index (χ2n) is 17.0. The molecule has 432 valence electrons. The first-order chi connectivity index (χ1) is 32.4. The highest BCUT2D eigenvalue weighted by Gasteiger charge is 2.91. The van der Waals surface area contributed by atoms with E-state index in [2.05, 4.69) is 14.2 Å². The van der Waals surface area contributed by atoms with E-state index in [4.69, 9.17) is 5.11 Å². The van der Waals surface area contributed by atoms with Gasteiger partial charge in [-0.2, -0.15) is 105 Å². The molecule has 0 aliphatic carbocycles. The van der Waals surface area contributed by atoms with Gasteiger partial charge in [0.25, 0.3) is 0 Å². The Morgan fingerprint density at radius 1 is 0.479 bits per heavy atom. The molecule has 36 heteroatoms. The molecule has 73 heavy (non-hydrogen) atoms. The zero-order chi connectivity index (χ0) is 58.1. The Bertz CT molecular complexity index is 1840. The summed E-state index contributed by atoms with van der Waals surface area (Å²) in [4.78, 5) is 45.6. The lowest BCUT2D eigenvalue weighted by molar-refractivity contribution is -0.427. The minimum absolute atomic E-state index is 0.0295. The van der Waals surface area contributed by atoms with Crippen LogP contribution in [0.15, 0.2) is 0 Å². The molecule has 0 aromatic carbocycles. The summed E-state index contributed by atoms with van der Waals surface area (Å²) in [5, 5.41) is 13.7. The summed E-state index contributed by atoms with van der Waals surface area (Å²) in [5.41, 5.74) is -1.34. The Balaban J connectivity index is 5.56. The zero-order valence-corrected chi connectivity index (χ0v) is 38.3. The van der Waals surface area contributed by atoms with Crippen molar-refractivity contribution in [1.29, 1.82) is 0 Å². The van der Waals surface area contributed by atoms with Gasteiger partial charge in [0.15, 0.2) is 19.8 Å². The summed E-state index contributed by atoms with van der Waals surface area (Å²) in [6, 6.07) is 0. The fourth-order valence-corrected chi connectivity index (χ4v) is 5.75. The summed E-state index contributed by atoms with van der Waals surface area (Å²) in [6.07, 6.45) is -9.45. The molecule has 0 bridgehead atoms. The van der Waals surface area contributed by atoms with Gasteiger partial charge in [0.1, 0.15) is 0 Å². The summed E-state index contributed by atoms with van der Waals surface area (Å²) in [7, 11) is 0. The molecule has 0 heterocycles. The van der Waals surface area contributed by atoms with E-state index in [1.807, 2.05) is 0 Å². The molecule has 0 aromatic rings. The van der Waals surface area contributed by atoms with Gasteiger partial charge in [0.05, 0.1) is 6.54 Å². The molecule has 0 saturated heterocycles. The van der Waals surface area contributed by atoms with Gasteiger partial charge >= 0.3 is 95.4 Å². The van der Waals surface area contributed by atoms with Gasteiger partial charge in [-0.15, -0.1) is 0 Å². The van der Waals surface area contributed by atoms with Gasteiger partial charge in [-0.3, -0.25) is 0 Å². The lowest BCUT2D eigenvalue weighted by Crippen LogP contribution is -2.72. The Morgan fingerprint density at radius 3 is 1.12 bits per heavy atom. The smallest absolute Gasteiger partial charge is 0.407 e. The number of carbonyl (C=O) groups is 4. The van der Waals surface area contributed by atoms with Crippen molar-refractivity contribution >= 4 is 24.4 Å². The number of unbranched alkanes of at least 4 members (excludes halogenated alkanes) is 2. The third-order valence-electron chi connectivity index (χ3n) is 10.1. The number of alkyl halides is 24. The molecule has 4 amide bonds. The summed E-state index contributed by atoms with van der Waals surface area (Å²) >= 11 is 0. The highest BCUT2D eigenvalue weighted by molar-refractivity contribution is 5.68. The van der Waals surface area contributed by atoms with Crippen LogP contribution in [0.4, 0.5) is 125 Å². The van der Waals surface area contributed by atoms with Crippen LogP contribution in [0.1, 0.15) is 73.1 Å². The van der Waals surface area contributed by atoms with E-state index in [9.17, 15) is 125 Å². The van der Waals surface area contributed by atoms with Crippen LogP contribution in [0.25, 0.3) is 0 Å². The predicted molar refractivity (Wildman–Crippen MR) is 199 cm³/mol. The minimum atomic E-state index is -8.10. The molecular weight excluding hydrogens is 1080 g/mol. The van der Waals surface area contributed by atoms with Gasteiger partial charge in [-0.05, 0) is 37.0 Å². The number of hydrogen-bond acceptors (Lipinski definition) is 7. The molecule has 0 spiro atoms. The fraction of sp³-hybridized carbons (Fsp3) is 0.892. The zero-order valence-electron chi connectivity index (χ0n) is 38.3. The first-order valence-corrected chi connectivity index (χ1v) is 20.7. The second-order valence-corrected chi connectivity index (χ2v) is 17.0. The van der Waals surface area contributed by atoms with Crippen LogP contribution >= 0.6 is 0 Å². The lowest BCUT2D eigenvalue weighted by atomic mass is 9.82. The number of rotatable bonds is 31. The molecule has 0 aliphatic heterocycles. The molecule has 0 saturated carbocycles. The molecule has 0 aromatic heterocycles. The second kappa shape index (κ2) is 23.9. The van der Waals surface area contributed by atoms with Crippen LogP contribution in [0.3, 0.4) is 0 Å². The monoisotopic (exact) mass is 1130 g/mol. The van der Waals surface area contributed by atoms with Crippen molar-refractivity contribution in [3.8, 4) is 0 Å². The fourth-order valence-electron chi connectivity index (χ4n) is 5.75. The number of amides is 4. The maximum atomic E-state index is 14.3. The number of halogens is 24. The molecular formula is C37H48F24N4O8. The van der Waals surface area contributed by atoms with Gasteiger partial charge in [0.2, 0.25) is 0 Å². The van der Waals surface area contributed by atoms with Crippen LogP contribution in [0, 0.1) is 11.3 Å². The maximum Gasteiger partial charge on any atom is 0.407 e. The van der Waals surface area contributed by atoms with Crippen LogP contribution < -0.4 is 16.0 Å². The van der Waals surface area contributed by atoms with E-state index in [-0.39, 0.29) is 38.6 Å². The van der Waals surface area contributed by atoms with Crippen LogP contribution in [-0.4, -0.2) is 158 Å². The van der Waals surface area contributed by atoms with Gasteiger partial charge in [-0.25, -0.2) is 19.2 Å². The number of carboxylic acid groups (broad SMARTS) is 1. The van der Waals surface area contributed by atoms with E-state index in [0.717, 1.165) is 0 Å². The summed E-state index contributed by atoms with van der Waals surface area (Å²) in [6.45, 7) is -9.26. The van der Waals surface area contributed by atoms with E-state index in [1.54, 1.807) is 16.0 Å². The highest BCUT2D eigenvalue weighted by Crippen LogP contribution is 2.62. The van der Waals surface area contributed by atoms with Gasteiger partial charge < -0.3 is 40.2 Å². The molecule has 1 atom stereocenters. The molecule has 1 unspecified atom stereocenters. The van der Waals surface area contributed by atoms with Crippen molar-refractivity contribution in [1.82, 2.24) is 20.9 Å². The van der Waals surface area contributed by atoms with Crippen molar-refractivity contribution in [2.24, 2.45) is 11.3 Å². The first-order valence-electron chi connectivity index (χ1n) is 20.7. The summed E-state index contributed by atoms with van der Waals surface area (Å²) in [5.74, 6) is -90.6. The molecule has 0 fully saturated rings. The topological polar surface area (TPSA) is 156 Å². The molecule has 12 nitrogen and oxygen atoms in total. The quantitative estimate of drug-likeness (QED) is 0.0304. The van der Waals surface area contributed by atoms with Crippen molar-refractivity contribution in [3.63, 3.8) is 0 Å². The van der Waals surface area contributed by atoms with E-state index < -0.39 is 158 Å². The lowest BCUT2D eigenvalue weighted by Gasteiger charge is -2.41. The first kappa shape index (κ1) is 68.4. The largest absolute Gasteiger partial charge is 0.465 e. The van der Waals surface area contributed by atoms with Gasteiger partial charge in [0, 0.05) is 26.2 Å². The molecule has 0 radical (unpaired) electrons. The maximum absolute atomic E-state index is 14.3. The van der Waals surface area contributed by atoms with E-state index in [1.165, 1.54) is 34.6 Å². The standard InChI is InChI=1S/C37H48F24N4O8/c1-6-8-11-62-21(66)71-17-27(40,41)32(50,51)36(58,59)37(60,61)33(52,53)29(44,45)19-73-23(68)64-15-25(4,5)14-20(3)10-12-63-22(67)72-18-28(42,43)31(48,49)35(56,57)34(54,55)30(46,47)26(38,39)16-65(24(69)70)13-9-7-2/h20H,6-19H2,1-5H3,(H,62,66)(H,63,67)(H,64,68)(H,69,70). The number of carbonyl (C=O) groups excluding carboxylic acids is 3. The van der Waals surface area contributed by atoms with Crippen LogP contribution in [-0.2, 0) is 14.2 Å². The average molecular weight is 1130 g/mol. The Labute approximate surface area is 397 Å². The van der Waals surface area contributed by atoms with Crippen LogP contribution in [0.2, 0.25) is 0 Å². The van der Waals surface area contributed by atoms with Gasteiger partial charge in [-0.1, -0.05) is 47.5 Å². The average Bonchev–Trinajstić information content (AvgIpc) is 3.24. The number of nitrogens with zero attached hydrogens (tertiary/aromatic N) is 1. The molecule has 0 aliphatic rings. The predicted octanol–water partition coefficient (Wildman–Crippen LogP) is 11.8. The summed E-state index contributed by atoms with van der Waals surface area (Å²) < 4.78 is 353. The normalized spacial score (nSPS) is 14.8. The van der Waals surface area contributed by atoms with E-state index >= 15 is 0 Å². The van der Waals surface area contributed by atoms with Crippen molar-refractivity contribution in [2.75, 3.05) is 52.5 Å². The minimum Gasteiger partial charge on any atom is -0.465 e. The Morgan fingerprint density at radius 2 is 0.795 bits per heavy atom. The van der Waals surface area contributed by atoms with Crippen molar-refractivity contribution < 1.29 is 144 Å². The third kappa shape index (κ3) is 15.1. The highest BCUT2D eigenvalue weighted by atomic mass is 19.4. The Hall–Kier alpha value is -4.60. The Kier molecular flexibility index (Phi) is 22.4. The number of alkyl carbamates (subject to hydrolysis) is 3. The van der Waals surface area contributed by atoms with Crippen molar-refractivity contribution in [2.45, 2.75) is 144 Å². The number of nitrogens with one attached hydrogen (secondary N) is 3. The van der Waals surface area contributed by atoms with E-state index in [0.29, 0.717) is 6.42 Å². The SMILES string of the molecule is CCCCNC(=O)OCC(F)(F)C(F)(F)C(F)(F)C(F)(F)C(F)(F)C(F)(F)COC(=O)NCC(C)(C)CC(C)CCNC(=O)OCC(F)(F)C(F)(F)C(F)(F)C(F)(F)C(F)(F)C(F)(F)CN(CCCC)C(=O)O. The van der Waals surface area contributed by atoms with Crippen LogP contribution in [0.5, 0.6) is 0 Å². The number of hydrogen-bond donors (Lipinski definition) is 4. The van der Waals surface area contributed by atoms with Crippen molar-refractivity contribution in [3.05, 3.63) is 0 Å². The molecule has 4 N–H and O–H groups in total. The molecule has 0 rings (SSSR count). The number of ether oxygens (including phenoxy) is 3. The third-order valence-corrected chi connectivity index (χ3v) is 10.1.